The van der Waals surface area contributed by atoms with Gasteiger partial charge in [0.2, 0.25) is 5.91 Å². The summed E-state index contributed by atoms with van der Waals surface area (Å²) in [5, 5.41) is 27.4. The Balaban J connectivity index is 1.59. The molecule has 3 aromatic rings. The number of hydrogen-bond donors (Lipinski definition) is 4. The van der Waals surface area contributed by atoms with Crippen molar-refractivity contribution in [3.05, 3.63) is 53.3 Å². The predicted octanol–water partition coefficient (Wildman–Crippen LogP) is 1.30. The maximum absolute atomic E-state index is 13.2. The number of tetrazole rings is 1. The van der Waals surface area contributed by atoms with Gasteiger partial charge in [-0.05, 0) is 39.8 Å². The van der Waals surface area contributed by atoms with Gasteiger partial charge in [0, 0.05) is 5.92 Å². The first kappa shape index (κ1) is 24.9. The van der Waals surface area contributed by atoms with E-state index in [9.17, 15) is 24.3 Å². The Bertz CT molecular complexity index is 1250. The number of aliphatic carboxylic acids is 1. The number of benzene rings is 2. The summed E-state index contributed by atoms with van der Waals surface area (Å²) in [6.07, 6.45) is -0.456. The molecule has 0 saturated carbocycles. The third kappa shape index (κ3) is 4.54. The second kappa shape index (κ2) is 10.2. The lowest BCUT2D eigenvalue weighted by Gasteiger charge is -2.34. The standard InChI is InChI=1S/C24H27N7O5/c1-3-6-15(21(32)26-11-18-27-29-30-28-18)19(24(35)36)12(2)20(25)31-22(33)16-9-13-7-4-5-8-14(13)10-17(16)23(31)34/h4-5,7-10,12,15,19-20H,3,6,11,25H2,1-2H3,(H,26,32)(H,35,36)(H,27,28,29,30)/t12?,15-,19+,20?/m0/s1. The van der Waals surface area contributed by atoms with Crippen LogP contribution in [0.3, 0.4) is 0 Å². The molecule has 2 heterocycles. The average Bonchev–Trinajstić information content (AvgIpc) is 3.47. The van der Waals surface area contributed by atoms with Crippen LogP contribution in [-0.2, 0) is 16.1 Å². The lowest BCUT2D eigenvalue weighted by atomic mass is 9.77. The number of aromatic amines is 1. The topological polar surface area (TPSA) is 184 Å². The summed E-state index contributed by atoms with van der Waals surface area (Å²) in [6.45, 7) is 3.36. The average molecular weight is 494 g/mol. The Morgan fingerprint density at radius 3 is 2.25 bits per heavy atom. The number of carbonyl (C=O) groups is 4. The molecule has 0 fully saturated rings. The van der Waals surface area contributed by atoms with E-state index in [1.54, 1.807) is 19.1 Å². The summed E-state index contributed by atoms with van der Waals surface area (Å²) < 4.78 is 0. The highest BCUT2D eigenvalue weighted by Crippen LogP contribution is 2.34. The highest BCUT2D eigenvalue weighted by molar-refractivity contribution is 6.23. The van der Waals surface area contributed by atoms with E-state index < -0.39 is 47.6 Å². The number of nitrogens with one attached hydrogen (secondary N) is 2. The quantitative estimate of drug-likeness (QED) is 0.302. The van der Waals surface area contributed by atoms with Gasteiger partial charge >= 0.3 is 5.97 Å². The molecule has 4 rings (SSSR count). The van der Waals surface area contributed by atoms with Crippen LogP contribution in [0, 0.1) is 17.8 Å². The van der Waals surface area contributed by atoms with E-state index >= 15 is 0 Å². The fourth-order valence-corrected chi connectivity index (χ4v) is 4.77. The minimum atomic E-state index is -1.26. The molecule has 188 valence electrons. The van der Waals surface area contributed by atoms with Crippen LogP contribution in [0.25, 0.3) is 10.8 Å². The molecular weight excluding hydrogens is 466 g/mol. The van der Waals surface area contributed by atoms with Gasteiger partial charge in [-0.15, -0.1) is 5.10 Å². The summed E-state index contributed by atoms with van der Waals surface area (Å²) in [5.41, 5.74) is 6.83. The van der Waals surface area contributed by atoms with E-state index in [1.807, 2.05) is 31.2 Å². The largest absolute Gasteiger partial charge is 0.481 e. The molecule has 1 aliphatic heterocycles. The Morgan fingerprint density at radius 1 is 1.14 bits per heavy atom. The number of rotatable bonds is 10. The maximum Gasteiger partial charge on any atom is 0.307 e. The zero-order chi connectivity index (χ0) is 26.0. The van der Waals surface area contributed by atoms with Crippen LogP contribution in [0.5, 0.6) is 0 Å². The van der Waals surface area contributed by atoms with Gasteiger partial charge in [-0.2, -0.15) is 0 Å². The number of carbonyl (C=O) groups excluding carboxylic acids is 3. The lowest BCUT2D eigenvalue weighted by molar-refractivity contribution is -0.151. The van der Waals surface area contributed by atoms with Crippen LogP contribution in [0.4, 0.5) is 0 Å². The van der Waals surface area contributed by atoms with Gasteiger partial charge in [0.05, 0.1) is 35.7 Å². The number of nitrogens with two attached hydrogens (primary N) is 1. The Morgan fingerprint density at radius 2 is 1.75 bits per heavy atom. The van der Waals surface area contributed by atoms with Crippen molar-refractivity contribution < 1.29 is 24.3 Å². The van der Waals surface area contributed by atoms with E-state index in [0.717, 1.165) is 15.7 Å². The third-order valence-electron chi connectivity index (χ3n) is 6.66. The van der Waals surface area contributed by atoms with Crippen molar-refractivity contribution in [1.82, 2.24) is 30.8 Å². The Hall–Kier alpha value is -4.19. The molecule has 12 nitrogen and oxygen atoms in total. The number of hydrogen-bond acceptors (Lipinski definition) is 8. The molecule has 4 atom stereocenters. The van der Waals surface area contributed by atoms with Crippen molar-refractivity contribution in [1.29, 1.82) is 0 Å². The molecule has 0 bridgehead atoms. The van der Waals surface area contributed by atoms with Crippen molar-refractivity contribution in [3.63, 3.8) is 0 Å². The maximum atomic E-state index is 13.2. The predicted molar refractivity (Wildman–Crippen MR) is 127 cm³/mol. The van der Waals surface area contributed by atoms with E-state index in [4.69, 9.17) is 5.73 Å². The zero-order valence-corrected chi connectivity index (χ0v) is 19.8. The van der Waals surface area contributed by atoms with Crippen LogP contribution in [0.1, 0.15) is 53.2 Å². The van der Waals surface area contributed by atoms with E-state index in [-0.39, 0.29) is 24.1 Å². The summed E-state index contributed by atoms with van der Waals surface area (Å²) in [6, 6.07) is 10.6. The number of imide groups is 1. The first-order valence-corrected chi connectivity index (χ1v) is 11.6. The van der Waals surface area contributed by atoms with Gasteiger partial charge in [-0.1, -0.05) is 44.5 Å². The van der Waals surface area contributed by atoms with Gasteiger partial charge in [0.25, 0.3) is 11.8 Å². The van der Waals surface area contributed by atoms with E-state index in [2.05, 4.69) is 25.9 Å². The number of H-pyrrole nitrogens is 1. The number of amides is 3. The molecule has 1 aromatic heterocycles. The van der Waals surface area contributed by atoms with Crippen LogP contribution in [0.2, 0.25) is 0 Å². The van der Waals surface area contributed by atoms with E-state index in [1.165, 1.54) is 0 Å². The van der Waals surface area contributed by atoms with Crippen molar-refractivity contribution in [2.24, 2.45) is 23.5 Å². The molecule has 0 spiro atoms. The number of carboxylic acid groups (broad SMARTS) is 1. The third-order valence-corrected chi connectivity index (χ3v) is 6.66. The Labute approximate surface area is 206 Å². The highest BCUT2D eigenvalue weighted by Gasteiger charge is 2.46. The van der Waals surface area contributed by atoms with Crippen LogP contribution in [0.15, 0.2) is 36.4 Å². The molecule has 12 heteroatoms. The summed E-state index contributed by atoms with van der Waals surface area (Å²) in [7, 11) is 0. The number of nitrogens with zero attached hydrogens (tertiary/aromatic N) is 4. The minimum absolute atomic E-state index is 0.00914. The van der Waals surface area contributed by atoms with Gasteiger partial charge in [0.15, 0.2) is 5.82 Å². The second-order valence-electron chi connectivity index (χ2n) is 8.90. The van der Waals surface area contributed by atoms with Gasteiger partial charge in [-0.3, -0.25) is 24.1 Å². The van der Waals surface area contributed by atoms with Gasteiger partial charge in [0.1, 0.15) is 0 Å². The molecule has 2 unspecified atom stereocenters. The van der Waals surface area contributed by atoms with Crippen LogP contribution < -0.4 is 11.1 Å². The molecule has 36 heavy (non-hydrogen) atoms. The van der Waals surface area contributed by atoms with Gasteiger partial charge in [-0.25, -0.2) is 5.10 Å². The van der Waals surface area contributed by atoms with Crippen molar-refractivity contribution in [2.45, 2.75) is 39.4 Å². The van der Waals surface area contributed by atoms with Crippen LogP contribution >= 0.6 is 0 Å². The fraction of sp³-hybridized carbons (Fsp3) is 0.375. The normalized spacial score (nSPS) is 16.5. The smallest absolute Gasteiger partial charge is 0.307 e. The van der Waals surface area contributed by atoms with Crippen molar-refractivity contribution in [3.8, 4) is 0 Å². The van der Waals surface area contributed by atoms with Gasteiger partial charge < -0.3 is 16.2 Å². The minimum Gasteiger partial charge on any atom is -0.481 e. The summed E-state index contributed by atoms with van der Waals surface area (Å²) in [5.74, 6) is -5.74. The molecule has 1 aliphatic rings. The van der Waals surface area contributed by atoms with Crippen molar-refractivity contribution in [2.75, 3.05) is 0 Å². The molecule has 0 saturated heterocycles. The second-order valence-corrected chi connectivity index (χ2v) is 8.90. The molecule has 2 aromatic carbocycles. The number of fused-ring (bicyclic) bond motifs is 2. The molecular formula is C24H27N7O5. The highest BCUT2D eigenvalue weighted by atomic mass is 16.4. The number of carboxylic acids is 1. The van der Waals surface area contributed by atoms with Crippen LogP contribution in [-0.4, -0.2) is 60.5 Å². The zero-order valence-electron chi connectivity index (χ0n) is 19.8. The van der Waals surface area contributed by atoms with E-state index in [0.29, 0.717) is 12.2 Å². The Kier molecular flexibility index (Phi) is 7.06. The molecule has 5 N–H and O–H groups in total. The first-order valence-electron chi connectivity index (χ1n) is 11.6. The first-order chi connectivity index (χ1) is 17.2. The fourth-order valence-electron chi connectivity index (χ4n) is 4.77. The summed E-state index contributed by atoms with van der Waals surface area (Å²) >= 11 is 0. The summed E-state index contributed by atoms with van der Waals surface area (Å²) in [4.78, 5) is 52.8. The molecule has 0 radical (unpaired) electrons. The molecule has 0 aliphatic carbocycles. The number of aromatic nitrogens is 4. The molecule has 3 amide bonds. The van der Waals surface area contributed by atoms with Crippen molar-refractivity contribution >= 4 is 34.5 Å². The monoisotopic (exact) mass is 493 g/mol. The lowest BCUT2D eigenvalue weighted by Crippen LogP contribution is -2.54. The SMILES string of the molecule is CCC[C@H](C(=O)NCc1nnn[nH]1)[C@H](C(=O)O)C(C)C(N)N1C(=O)c2cc3ccccc3cc2C1=O.